The second-order valence-electron chi connectivity index (χ2n) is 5.36. The van der Waals surface area contributed by atoms with E-state index < -0.39 is 0 Å². The number of rotatable bonds is 9. The van der Waals surface area contributed by atoms with Crippen LogP contribution < -0.4 is 10.1 Å². The lowest BCUT2D eigenvalue weighted by Crippen LogP contribution is -2.25. The molecule has 0 aliphatic rings. The van der Waals surface area contributed by atoms with Gasteiger partial charge in [0.25, 0.3) is 0 Å². The second kappa shape index (κ2) is 9.88. The molecule has 5 heteroatoms. The fraction of sp³-hybridized carbons (Fsp3) is 0.316. The summed E-state index contributed by atoms with van der Waals surface area (Å²) in [5, 5.41) is 12.3. The van der Waals surface area contributed by atoms with Gasteiger partial charge < -0.3 is 15.2 Å². The Kier molecular flexibility index (Phi) is 7.49. The SMILES string of the molecule is COc1ccccc1CCNC(=O)CCCSc1cccc(O)c1. The average molecular weight is 345 g/mol. The highest BCUT2D eigenvalue weighted by atomic mass is 32.2. The number of amides is 1. The van der Waals surface area contributed by atoms with Crippen LogP contribution in [0.2, 0.25) is 0 Å². The maximum atomic E-state index is 11.9. The van der Waals surface area contributed by atoms with E-state index in [-0.39, 0.29) is 11.7 Å². The number of carbonyl (C=O) groups is 1. The van der Waals surface area contributed by atoms with Gasteiger partial charge in [-0.05, 0) is 48.4 Å². The molecule has 0 aromatic heterocycles. The topological polar surface area (TPSA) is 58.6 Å². The van der Waals surface area contributed by atoms with Gasteiger partial charge in [-0.1, -0.05) is 24.3 Å². The Morgan fingerprint density at radius 2 is 2.04 bits per heavy atom. The summed E-state index contributed by atoms with van der Waals surface area (Å²) >= 11 is 1.65. The molecule has 0 aliphatic heterocycles. The van der Waals surface area contributed by atoms with Crippen molar-refractivity contribution in [3.63, 3.8) is 0 Å². The van der Waals surface area contributed by atoms with Gasteiger partial charge in [-0.15, -0.1) is 11.8 Å². The van der Waals surface area contributed by atoms with Gasteiger partial charge in [0, 0.05) is 17.9 Å². The molecule has 0 unspecified atom stereocenters. The Labute approximate surface area is 147 Å². The molecular weight excluding hydrogens is 322 g/mol. The number of hydrogen-bond acceptors (Lipinski definition) is 4. The van der Waals surface area contributed by atoms with Crippen LogP contribution in [0.15, 0.2) is 53.4 Å². The van der Waals surface area contributed by atoms with Crippen molar-refractivity contribution < 1.29 is 14.6 Å². The molecule has 0 saturated heterocycles. The van der Waals surface area contributed by atoms with Crippen LogP contribution in [0.5, 0.6) is 11.5 Å². The Bertz CT molecular complexity index is 661. The number of benzene rings is 2. The van der Waals surface area contributed by atoms with Gasteiger partial charge >= 0.3 is 0 Å². The first kappa shape index (κ1) is 18.2. The van der Waals surface area contributed by atoms with Crippen molar-refractivity contribution in [3.8, 4) is 11.5 Å². The number of phenolic OH excluding ortho intramolecular Hbond substituents is 1. The number of ether oxygens (including phenoxy) is 1. The molecular formula is C19H23NO3S. The zero-order valence-electron chi connectivity index (χ0n) is 13.8. The van der Waals surface area contributed by atoms with Crippen molar-refractivity contribution in [2.24, 2.45) is 0 Å². The lowest BCUT2D eigenvalue weighted by Gasteiger charge is -2.09. The van der Waals surface area contributed by atoms with E-state index in [2.05, 4.69) is 5.32 Å². The summed E-state index contributed by atoms with van der Waals surface area (Å²) < 4.78 is 5.30. The van der Waals surface area contributed by atoms with Crippen LogP contribution in [-0.4, -0.2) is 30.4 Å². The molecule has 2 N–H and O–H groups in total. The summed E-state index contributed by atoms with van der Waals surface area (Å²) in [6.07, 6.45) is 2.08. The third-order valence-electron chi connectivity index (χ3n) is 3.54. The average Bonchev–Trinajstić information content (AvgIpc) is 2.59. The number of aromatic hydroxyl groups is 1. The fourth-order valence-corrected chi connectivity index (χ4v) is 3.23. The van der Waals surface area contributed by atoms with E-state index in [1.807, 2.05) is 36.4 Å². The largest absolute Gasteiger partial charge is 0.508 e. The van der Waals surface area contributed by atoms with Gasteiger partial charge in [0.05, 0.1) is 7.11 Å². The van der Waals surface area contributed by atoms with Gasteiger partial charge in [0.15, 0.2) is 0 Å². The normalized spacial score (nSPS) is 10.4. The van der Waals surface area contributed by atoms with E-state index in [1.54, 1.807) is 31.0 Å². The third kappa shape index (κ3) is 6.16. The summed E-state index contributed by atoms with van der Waals surface area (Å²) in [6, 6.07) is 15.0. The summed E-state index contributed by atoms with van der Waals surface area (Å²) in [7, 11) is 1.65. The molecule has 2 aromatic rings. The van der Waals surface area contributed by atoms with Gasteiger partial charge in [-0.3, -0.25) is 4.79 Å². The van der Waals surface area contributed by atoms with Crippen LogP contribution in [0.4, 0.5) is 0 Å². The number of phenols is 1. The summed E-state index contributed by atoms with van der Waals surface area (Å²) in [5.74, 6) is 2.05. The third-order valence-corrected chi connectivity index (χ3v) is 4.62. The van der Waals surface area contributed by atoms with Gasteiger partial charge in [-0.25, -0.2) is 0 Å². The smallest absolute Gasteiger partial charge is 0.220 e. The molecule has 0 heterocycles. The van der Waals surface area contributed by atoms with Gasteiger partial charge in [0.1, 0.15) is 11.5 Å². The molecule has 0 bridgehead atoms. The summed E-state index contributed by atoms with van der Waals surface area (Å²) in [4.78, 5) is 12.9. The maximum absolute atomic E-state index is 11.9. The Morgan fingerprint density at radius 1 is 1.21 bits per heavy atom. The van der Waals surface area contributed by atoms with Crippen molar-refractivity contribution in [1.82, 2.24) is 5.32 Å². The quantitative estimate of drug-likeness (QED) is 0.538. The van der Waals surface area contributed by atoms with Crippen molar-refractivity contribution in [2.45, 2.75) is 24.2 Å². The van der Waals surface area contributed by atoms with E-state index in [1.165, 1.54) is 0 Å². The molecule has 1 amide bonds. The fourth-order valence-electron chi connectivity index (χ4n) is 2.33. The predicted octanol–water partition coefficient (Wildman–Crippen LogP) is 3.63. The van der Waals surface area contributed by atoms with Crippen LogP contribution >= 0.6 is 11.8 Å². The lowest BCUT2D eigenvalue weighted by atomic mass is 10.1. The predicted molar refractivity (Wildman–Crippen MR) is 97.8 cm³/mol. The molecule has 128 valence electrons. The van der Waals surface area contributed by atoms with E-state index in [4.69, 9.17) is 4.74 Å². The standard InChI is InChI=1S/C19H23NO3S/c1-23-18-9-3-2-6-15(18)11-12-20-19(22)10-5-13-24-17-8-4-7-16(21)14-17/h2-4,6-9,14,21H,5,10-13H2,1H3,(H,20,22). The van der Waals surface area contributed by atoms with Crippen LogP contribution in [0.3, 0.4) is 0 Å². The van der Waals surface area contributed by atoms with Crippen LogP contribution in [0.1, 0.15) is 18.4 Å². The molecule has 2 aromatic carbocycles. The first-order valence-electron chi connectivity index (χ1n) is 7.99. The molecule has 0 saturated carbocycles. The molecule has 0 atom stereocenters. The zero-order chi connectivity index (χ0) is 17.2. The molecule has 0 fully saturated rings. The number of nitrogens with one attached hydrogen (secondary N) is 1. The zero-order valence-corrected chi connectivity index (χ0v) is 14.6. The van der Waals surface area contributed by atoms with Crippen molar-refractivity contribution in [1.29, 1.82) is 0 Å². The first-order valence-corrected chi connectivity index (χ1v) is 8.98. The van der Waals surface area contributed by atoms with Gasteiger partial charge in [0.2, 0.25) is 5.91 Å². The summed E-state index contributed by atoms with van der Waals surface area (Å²) in [5.41, 5.74) is 1.10. The summed E-state index contributed by atoms with van der Waals surface area (Å²) in [6.45, 7) is 0.610. The lowest BCUT2D eigenvalue weighted by molar-refractivity contribution is -0.121. The minimum Gasteiger partial charge on any atom is -0.508 e. The maximum Gasteiger partial charge on any atom is 0.220 e. The van der Waals surface area contributed by atoms with E-state index in [0.29, 0.717) is 13.0 Å². The van der Waals surface area contributed by atoms with Crippen molar-refractivity contribution >= 4 is 17.7 Å². The van der Waals surface area contributed by atoms with Crippen LogP contribution in [0, 0.1) is 0 Å². The molecule has 0 spiro atoms. The highest BCUT2D eigenvalue weighted by Gasteiger charge is 2.04. The first-order chi connectivity index (χ1) is 11.7. The Morgan fingerprint density at radius 3 is 2.83 bits per heavy atom. The number of thioether (sulfide) groups is 1. The number of hydrogen-bond donors (Lipinski definition) is 2. The van der Waals surface area contributed by atoms with Crippen LogP contribution in [0.25, 0.3) is 0 Å². The molecule has 0 radical (unpaired) electrons. The number of methoxy groups -OCH3 is 1. The minimum absolute atomic E-state index is 0.0707. The van der Waals surface area contributed by atoms with E-state index in [0.717, 1.165) is 34.8 Å². The van der Waals surface area contributed by atoms with Crippen molar-refractivity contribution in [2.75, 3.05) is 19.4 Å². The highest BCUT2D eigenvalue weighted by molar-refractivity contribution is 7.99. The number of para-hydroxylation sites is 1. The molecule has 4 nitrogen and oxygen atoms in total. The monoisotopic (exact) mass is 345 g/mol. The Balaban J connectivity index is 1.61. The van der Waals surface area contributed by atoms with E-state index >= 15 is 0 Å². The highest BCUT2D eigenvalue weighted by Crippen LogP contribution is 2.23. The second-order valence-corrected chi connectivity index (χ2v) is 6.53. The Hall–Kier alpha value is -2.14. The van der Waals surface area contributed by atoms with Crippen molar-refractivity contribution in [3.05, 3.63) is 54.1 Å². The van der Waals surface area contributed by atoms with E-state index in [9.17, 15) is 9.90 Å². The van der Waals surface area contributed by atoms with Crippen LogP contribution in [-0.2, 0) is 11.2 Å². The molecule has 2 rings (SSSR count). The van der Waals surface area contributed by atoms with Gasteiger partial charge in [-0.2, -0.15) is 0 Å². The minimum atomic E-state index is 0.0707. The molecule has 24 heavy (non-hydrogen) atoms. The number of carbonyl (C=O) groups excluding carboxylic acids is 1. The molecule has 0 aliphatic carbocycles.